The minimum Gasteiger partial charge on any atom is -0.394 e. The van der Waals surface area contributed by atoms with Crippen LogP contribution in [0.3, 0.4) is 0 Å². The minimum absolute atomic E-state index is 0.0670. The van der Waals surface area contributed by atoms with Gasteiger partial charge in [-0.25, -0.2) is 0 Å². The first-order valence-electron chi connectivity index (χ1n) is 7.47. The predicted molar refractivity (Wildman–Crippen MR) is 93.9 cm³/mol. The fourth-order valence-electron chi connectivity index (χ4n) is 1.55. The number of rotatable bonds is 13. The molecule has 0 aromatic heterocycles. The van der Waals surface area contributed by atoms with Crippen LogP contribution in [0.2, 0.25) is 0 Å². The number of hydrogen-bond donors (Lipinski definition) is 3. The number of hydrogen-bond acceptors (Lipinski definition) is 5. The van der Waals surface area contributed by atoms with E-state index in [1.165, 1.54) is 0 Å². The van der Waals surface area contributed by atoms with Gasteiger partial charge in [0, 0.05) is 25.9 Å². The van der Waals surface area contributed by atoms with E-state index in [1.54, 1.807) is 6.92 Å². The molecule has 2 amide bonds. The lowest BCUT2D eigenvalue weighted by atomic mass is 10.2. The standard InChI is InChI=1S/C14H24Br2N2O5/c1-2-10(20)4-3-5-17-13(21)11(15)12(16)14(22)18-6-8-23-9-7-19/h11-12,19H,2-9H2,1H3,(H,17,21)(H,18,22). The zero-order chi connectivity index (χ0) is 17.7. The molecular weight excluding hydrogens is 436 g/mol. The second-order valence-electron chi connectivity index (χ2n) is 4.72. The Kier molecular flexibility index (Phi) is 13.6. The molecule has 0 radical (unpaired) electrons. The van der Waals surface area contributed by atoms with Gasteiger partial charge < -0.3 is 20.5 Å². The van der Waals surface area contributed by atoms with Crippen LogP contribution in [0.5, 0.6) is 0 Å². The molecule has 3 N–H and O–H groups in total. The first kappa shape index (κ1) is 22.5. The van der Waals surface area contributed by atoms with Gasteiger partial charge in [0.2, 0.25) is 11.8 Å². The van der Waals surface area contributed by atoms with Crippen molar-refractivity contribution in [3.05, 3.63) is 0 Å². The normalized spacial score (nSPS) is 13.2. The van der Waals surface area contributed by atoms with Gasteiger partial charge in [0.25, 0.3) is 0 Å². The molecule has 0 rings (SSSR count). The van der Waals surface area contributed by atoms with Crippen molar-refractivity contribution in [2.75, 3.05) is 32.9 Å². The summed E-state index contributed by atoms with van der Waals surface area (Å²) in [6.07, 6.45) is 1.52. The van der Waals surface area contributed by atoms with Crippen LogP contribution in [0.4, 0.5) is 0 Å². The van der Waals surface area contributed by atoms with Gasteiger partial charge in [0.15, 0.2) is 0 Å². The van der Waals surface area contributed by atoms with Crippen molar-refractivity contribution in [1.29, 1.82) is 0 Å². The van der Waals surface area contributed by atoms with Crippen molar-refractivity contribution < 1.29 is 24.2 Å². The fourth-order valence-corrected chi connectivity index (χ4v) is 2.35. The molecule has 0 saturated carbocycles. The Morgan fingerprint density at radius 2 is 1.61 bits per heavy atom. The number of carbonyl (C=O) groups excluding carboxylic acids is 3. The number of ketones is 1. The van der Waals surface area contributed by atoms with E-state index in [1.807, 2.05) is 0 Å². The molecular formula is C14H24Br2N2O5. The van der Waals surface area contributed by atoms with Crippen LogP contribution in [-0.4, -0.2) is 65.3 Å². The van der Waals surface area contributed by atoms with Crippen LogP contribution in [0, 0.1) is 0 Å². The van der Waals surface area contributed by atoms with Crippen LogP contribution in [0.15, 0.2) is 0 Å². The van der Waals surface area contributed by atoms with Crippen molar-refractivity contribution in [1.82, 2.24) is 10.6 Å². The van der Waals surface area contributed by atoms with Crippen molar-refractivity contribution in [2.45, 2.75) is 35.8 Å². The summed E-state index contributed by atoms with van der Waals surface area (Å²) in [5, 5.41) is 13.8. The number of carbonyl (C=O) groups is 3. The Labute approximate surface area is 153 Å². The molecule has 7 nitrogen and oxygen atoms in total. The number of alkyl halides is 2. The van der Waals surface area contributed by atoms with Gasteiger partial charge in [0.1, 0.15) is 15.4 Å². The SMILES string of the molecule is CCC(=O)CCCNC(=O)C(Br)C(Br)C(=O)NCCOCCO. The van der Waals surface area contributed by atoms with Crippen LogP contribution >= 0.6 is 31.9 Å². The van der Waals surface area contributed by atoms with E-state index in [4.69, 9.17) is 9.84 Å². The maximum Gasteiger partial charge on any atom is 0.235 e. The molecule has 0 aliphatic carbocycles. The predicted octanol–water partition coefficient (Wildman–Crippen LogP) is 0.514. The molecule has 0 aromatic rings. The Morgan fingerprint density at radius 3 is 2.13 bits per heavy atom. The first-order valence-corrected chi connectivity index (χ1v) is 9.31. The number of nitrogens with one attached hydrogen (secondary N) is 2. The molecule has 0 spiro atoms. The van der Waals surface area contributed by atoms with Gasteiger partial charge in [-0.15, -0.1) is 0 Å². The summed E-state index contributed by atoms with van der Waals surface area (Å²) in [5.74, 6) is -0.492. The maximum atomic E-state index is 11.9. The first-order chi connectivity index (χ1) is 10.9. The van der Waals surface area contributed by atoms with Gasteiger partial charge in [-0.2, -0.15) is 0 Å². The molecule has 0 bridgehead atoms. The fraction of sp³-hybridized carbons (Fsp3) is 0.786. The third kappa shape index (κ3) is 10.8. The molecule has 9 heteroatoms. The summed E-state index contributed by atoms with van der Waals surface area (Å²) in [5.41, 5.74) is 0. The monoisotopic (exact) mass is 458 g/mol. The molecule has 134 valence electrons. The second kappa shape index (κ2) is 13.9. The van der Waals surface area contributed by atoms with Crippen molar-refractivity contribution in [3.8, 4) is 0 Å². The number of amides is 2. The van der Waals surface area contributed by atoms with E-state index >= 15 is 0 Å². The lowest BCUT2D eigenvalue weighted by Crippen LogP contribution is -2.44. The highest BCUT2D eigenvalue weighted by Crippen LogP contribution is 2.15. The number of Topliss-reactive ketones (excluding diaryl/α,β-unsaturated/α-hetero) is 1. The van der Waals surface area contributed by atoms with Gasteiger partial charge in [-0.05, 0) is 6.42 Å². The van der Waals surface area contributed by atoms with Crippen LogP contribution in [0.25, 0.3) is 0 Å². The van der Waals surface area contributed by atoms with Crippen molar-refractivity contribution in [2.24, 2.45) is 0 Å². The van der Waals surface area contributed by atoms with Crippen LogP contribution in [0.1, 0.15) is 26.2 Å². The average Bonchev–Trinajstić information content (AvgIpc) is 2.56. The van der Waals surface area contributed by atoms with Crippen molar-refractivity contribution >= 4 is 49.5 Å². The Morgan fingerprint density at radius 1 is 1.04 bits per heavy atom. The zero-order valence-electron chi connectivity index (χ0n) is 13.1. The van der Waals surface area contributed by atoms with Crippen LogP contribution in [-0.2, 0) is 19.1 Å². The smallest absolute Gasteiger partial charge is 0.235 e. The van der Waals surface area contributed by atoms with Crippen molar-refractivity contribution in [3.63, 3.8) is 0 Å². The largest absolute Gasteiger partial charge is 0.394 e. The summed E-state index contributed by atoms with van der Waals surface area (Å²) >= 11 is 6.37. The highest BCUT2D eigenvalue weighted by molar-refractivity contribution is 9.12. The second-order valence-corrected chi connectivity index (χ2v) is 6.69. The topological polar surface area (TPSA) is 105 Å². The van der Waals surface area contributed by atoms with E-state index < -0.39 is 9.65 Å². The highest BCUT2D eigenvalue weighted by Gasteiger charge is 2.29. The molecule has 0 aliphatic heterocycles. The number of ether oxygens (including phenoxy) is 1. The van der Waals surface area contributed by atoms with Gasteiger partial charge in [-0.1, -0.05) is 38.8 Å². The van der Waals surface area contributed by atoms with E-state index in [9.17, 15) is 14.4 Å². The molecule has 2 atom stereocenters. The highest BCUT2D eigenvalue weighted by atomic mass is 79.9. The third-order valence-corrected chi connectivity index (χ3v) is 5.46. The Hall–Kier alpha value is -0.510. The lowest BCUT2D eigenvalue weighted by Gasteiger charge is -2.16. The van der Waals surface area contributed by atoms with Gasteiger partial charge >= 0.3 is 0 Å². The van der Waals surface area contributed by atoms with Crippen LogP contribution < -0.4 is 10.6 Å². The van der Waals surface area contributed by atoms with Gasteiger partial charge in [-0.3, -0.25) is 14.4 Å². The quantitative estimate of drug-likeness (QED) is 0.275. The maximum absolute atomic E-state index is 11.9. The molecule has 0 aliphatic rings. The summed E-state index contributed by atoms with van der Waals surface area (Å²) in [6, 6.07) is 0. The minimum atomic E-state index is -0.724. The molecule has 0 heterocycles. The molecule has 0 saturated heterocycles. The number of aliphatic hydroxyl groups is 1. The molecule has 0 aromatic carbocycles. The Balaban J connectivity index is 3.96. The number of aliphatic hydroxyl groups excluding tert-OH is 1. The molecule has 0 fully saturated rings. The third-order valence-electron chi connectivity index (χ3n) is 2.87. The van der Waals surface area contributed by atoms with E-state index in [-0.39, 0.29) is 37.4 Å². The zero-order valence-corrected chi connectivity index (χ0v) is 16.3. The Bertz CT molecular complexity index is 382. The molecule has 2 unspecified atom stereocenters. The summed E-state index contributed by atoms with van der Waals surface area (Å²) in [4.78, 5) is 33.5. The summed E-state index contributed by atoms with van der Waals surface area (Å²) in [6.45, 7) is 2.93. The summed E-state index contributed by atoms with van der Waals surface area (Å²) in [7, 11) is 0. The average molecular weight is 460 g/mol. The van der Waals surface area contributed by atoms with Gasteiger partial charge in [0.05, 0.1) is 19.8 Å². The molecule has 23 heavy (non-hydrogen) atoms. The lowest BCUT2D eigenvalue weighted by molar-refractivity contribution is -0.125. The van der Waals surface area contributed by atoms with E-state index in [0.29, 0.717) is 32.4 Å². The van der Waals surface area contributed by atoms with E-state index in [2.05, 4.69) is 42.5 Å². The number of halogens is 2. The van der Waals surface area contributed by atoms with E-state index in [0.717, 1.165) is 0 Å². The summed E-state index contributed by atoms with van der Waals surface area (Å²) < 4.78 is 5.02.